The number of methoxy groups -OCH3 is 2. The van der Waals surface area contributed by atoms with Crippen molar-refractivity contribution in [2.45, 2.75) is 6.92 Å². The van der Waals surface area contributed by atoms with Crippen LogP contribution in [0.15, 0.2) is 40.8 Å². The van der Waals surface area contributed by atoms with Crippen molar-refractivity contribution in [2.75, 3.05) is 19.5 Å². The Morgan fingerprint density at radius 3 is 2.57 bits per heavy atom. The third-order valence-electron chi connectivity index (χ3n) is 3.11. The number of pyridine rings is 1. The zero-order valence-electron chi connectivity index (χ0n) is 12.9. The van der Waals surface area contributed by atoms with Gasteiger partial charge in [-0.3, -0.25) is 4.79 Å². The molecule has 0 amide bonds. The van der Waals surface area contributed by atoms with Crippen LogP contribution >= 0.6 is 0 Å². The van der Waals surface area contributed by atoms with E-state index in [9.17, 15) is 14.4 Å². The summed E-state index contributed by atoms with van der Waals surface area (Å²) in [5, 5.41) is 3.22. The molecule has 0 unspecified atom stereocenters. The van der Waals surface area contributed by atoms with Gasteiger partial charge in [-0.2, -0.15) is 0 Å². The number of hydrogen-bond donors (Lipinski definition) is 2. The molecule has 120 valence electrons. The van der Waals surface area contributed by atoms with Gasteiger partial charge in [-0.25, -0.2) is 9.59 Å². The minimum Gasteiger partial charge on any atom is -0.466 e. The molecule has 0 radical (unpaired) electrons. The van der Waals surface area contributed by atoms with E-state index in [0.29, 0.717) is 16.6 Å². The van der Waals surface area contributed by atoms with Crippen LogP contribution in [-0.4, -0.2) is 31.1 Å². The fraction of sp³-hybridized carbons (Fsp3) is 0.188. The molecule has 7 heteroatoms. The van der Waals surface area contributed by atoms with Gasteiger partial charge in [0.05, 0.1) is 20.3 Å². The van der Waals surface area contributed by atoms with Gasteiger partial charge in [-0.15, -0.1) is 0 Å². The maximum absolute atomic E-state index is 12.0. The molecule has 0 saturated carbocycles. The van der Waals surface area contributed by atoms with Gasteiger partial charge in [0, 0.05) is 28.4 Å². The second-order valence-electron chi connectivity index (χ2n) is 4.77. The lowest BCUT2D eigenvalue weighted by molar-refractivity contribution is -0.138. The first-order valence-corrected chi connectivity index (χ1v) is 6.73. The maximum Gasteiger partial charge on any atom is 0.354 e. The number of carbonyl (C=O) groups is 2. The second kappa shape index (κ2) is 6.78. The number of aromatic nitrogens is 1. The highest BCUT2D eigenvalue weighted by Crippen LogP contribution is 2.17. The van der Waals surface area contributed by atoms with E-state index in [1.807, 2.05) is 0 Å². The highest BCUT2D eigenvalue weighted by Gasteiger charge is 2.13. The molecule has 0 aliphatic heterocycles. The number of carbonyl (C=O) groups excluding carboxylic acids is 2. The van der Waals surface area contributed by atoms with Gasteiger partial charge in [-0.05, 0) is 25.1 Å². The largest absolute Gasteiger partial charge is 0.466 e. The van der Waals surface area contributed by atoms with Crippen LogP contribution in [0.25, 0.3) is 10.9 Å². The summed E-state index contributed by atoms with van der Waals surface area (Å²) in [6, 6.07) is 6.45. The second-order valence-corrected chi connectivity index (χ2v) is 4.77. The van der Waals surface area contributed by atoms with Crippen LogP contribution in [-0.2, 0) is 19.1 Å². The molecular weight excluding hydrogens is 300 g/mol. The Hall–Kier alpha value is -3.09. The minimum atomic E-state index is -0.728. The van der Waals surface area contributed by atoms with Crippen LogP contribution < -0.4 is 10.7 Å². The zero-order chi connectivity index (χ0) is 17.0. The number of benzene rings is 1. The molecule has 2 N–H and O–H groups in total. The first-order valence-electron chi connectivity index (χ1n) is 6.73. The minimum absolute atomic E-state index is 0.0951. The SMILES string of the molecule is COC(=O)/C=C(/Nc1ccc2[nH]c(C)cc(=O)c2c1)C(=O)OC. The highest BCUT2D eigenvalue weighted by atomic mass is 16.5. The Bertz CT molecular complexity index is 851. The zero-order valence-corrected chi connectivity index (χ0v) is 12.9. The van der Waals surface area contributed by atoms with E-state index < -0.39 is 11.9 Å². The van der Waals surface area contributed by atoms with Gasteiger partial charge in [0.2, 0.25) is 0 Å². The van der Waals surface area contributed by atoms with Crippen molar-refractivity contribution in [1.29, 1.82) is 0 Å². The number of esters is 2. The van der Waals surface area contributed by atoms with Gasteiger partial charge >= 0.3 is 11.9 Å². The summed E-state index contributed by atoms with van der Waals surface area (Å²) >= 11 is 0. The van der Waals surface area contributed by atoms with E-state index in [-0.39, 0.29) is 11.1 Å². The third-order valence-corrected chi connectivity index (χ3v) is 3.11. The average molecular weight is 316 g/mol. The molecule has 0 saturated heterocycles. The Labute approximate surface area is 131 Å². The van der Waals surface area contributed by atoms with E-state index in [0.717, 1.165) is 11.8 Å². The molecule has 0 atom stereocenters. The van der Waals surface area contributed by atoms with Crippen LogP contribution in [0.3, 0.4) is 0 Å². The van der Waals surface area contributed by atoms with E-state index in [1.165, 1.54) is 20.3 Å². The number of aryl methyl sites for hydroxylation is 1. The van der Waals surface area contributed by atoms with Gasteiger partial charge < -0.3 is 19.8 Å². The van der Waals surface area contributed by atoms with E-state index in [4.69, 9.17) is 0 Å². The molecule has 0 bridgehead atoms. The van der Waals surface area contributed by atoms with Crippen molar-refractivity contribution in [3.05, 3.63) is 52.0 Å². The molecule has 0 aliphatic rings. The lowest BCUT2D eigenvalue weighted by atomic mass is 10.1. The first kappa shape index (κ1) is 16.3. The van der Waals surface area contributed by atoms with Gasteiger partial charge in [-0.1, -0.05) is 0 Å². The van der Waals surface area contributed by atoms with Crippen LogP contribution in [0.1, 0.15) is 5.69 Å². The summed E-state index contributed by atoms with van der Waals surface area (Å²) < 4.78 is 9.11. The van der Waals surface area contributed by atoms with Gasteiger partial charge in [0.15, 0.2) is 5.43 Å². The van der Waals surface area contributed by atoms with Crippen LogP contribution in [0.4, 0.5) is 5.69 Å². The van der Waals surface area contributed by atoms with Crippen molar-refractivity contribution in [3.63, 3.8) is 0 Å². The topological polar surface area (TPSA) is 97.5 Å². The molecular formula is C16H16N2O5. The highest BCUT2D eigenvalue weighted by molar-refractivity contribution is 5.99. The maximum atomic E-state index is 12.0. The summed E-state index contributed by atoms with van der Waals surface area (Å²) in [7, 11) is 2.40. The monoisotopic (exact) mass is 316 g/mol. The van der Waals surface area contributed by atoms with Crippen LogP contribution in [0.2, 0.25) is 0 Å². The fourth-order valence-corrected chi connectivity index (χ4v) is 2.05. The summed E-state index contributed by atoms with van der Waals surface area (Å²) in [4.78, 5) is 38.2. The smallest absolute Gasteiger partial charge is 0.354 e. The fourth-order valence-electron chi connectivity index (χ4n) is 2.05. The van der Waals surface area contributed by atoms with Crippen LogP contribution in [0, 0.1) is 6.92 Å². The summed E-state index contributed by atoms with van der Waals surface area (Å²) in [6.07, 6.45) is 0.982. The van der Waals surface area contributed by atoms with Crippen molar-refractivity contribution >= 4 is 28.5 Å². The summed E-state index contributed by atoms with van der Waals surface area (Å²) in [5.74, 6) is -1.43. The molecule has 2 rings (SSSR count). The van der Waals surface area contributed by atoms with Crippen molar-refractivity contribution < 1.29 is 19.1 Å². The van der Waals surface area contributed by atoms with Gasteiger partial charge in [0.1, 0.15) is 5.70 Å². The summed E-state index contributed by atoms with van der Waals surface area (Å²) in [6.45, 7) is 1.79. The Kier molecular flexibility index (Phi) is 4.80. The molecule has 2 aromatic rings. The molecule has 7 nitrogen and oxygen atoms in total. The van der Waals surface area contributed by atoms with Crippen LogP contribution in [0.5, 0.6) is 0 Å². The number of nitrogens with one attached hydrogen (secondary N) is 2. The predicted molar refractivity (Wildman–Crippen MR) is 85.0 cm³/mol. The van der Waals surface area contributed by atoms with Gasteiger partial charge in [0.25, 0.3) is 0 Å². The third kappa shape index (κ3) is 3.76. The van der Waals surface area contributed by atoms with Crippen molar-refractivity contribution in [3.8, 4) is 0 Å². The Balaban J connectivity index is 2.42. The molecule has 23 heavy (non-hydrogen) atoms. The summed E-state index contributed by atoms with van der Waals surface area (Å²) in [5.41, 5.74) is 1.66. The lowest BCUT2D eigenvalue weighted by Crippen LogP contribution is -2.15. The molecule has 1 aromatic carbocycles. The molecule has 1 aromatic heterocycles. The number of fused-ring (bicyclic) bond motifs is 1. The number of aromatic amines is 1. The normalized spacial score (nSPS) is 11.2. The van der Waals surface area contributed by atoms with E-state index in [2.05, 4.69) is 19.8 Å². The first-order chi connectivity index (χ1) is 10.9. The predicted octanol–water partition coefficient (Wildman–Crippen LogP) is 1.48. The molecule has 0 fully saturated rings. The average Bonchev–Trinajstić information content (AvgIpc) is 2.53. The number of H-pyrrole nitrogens is 1. The molecule has 0 aliphatic carbocycles. The number of anilines is 1. The quantitative estimate of drug-likeness (QED) is 0.655. The Morgan fingerprint density at radius 2 is 1.91 bits per heavy atom. The van der Waals surface area contributed by atoms with E-state index >= 15 is 0 Å². The number of rotatable bonds is 4. The van der Waals surface area contributed by atoms with E-state index in [1.54, 1.807) is 25.1 Å². The standard InChI is InChI=1S/C16H16N2O5/c1-9-6-14(19)11-7-10(4-5-12(11)17-9)18-13(16(21)23-3)8-15(20)22-2/h4-8,18H,1-3H3,(H,17,19)/b13-8+. The van der Waals surface area contributed by atoms with Crippen molar-refractivity contribution in [2.24, 2.45) is 0 Å². The molecule has 1 heterocycles. The number of ether oxygens (including phenoxy) is 2. The Morgan fingerprint density at radius 1 is 1.17 bits per heavy atom. The lowest BCUT2D eigenvalue weighted by Gasteiger charge is -2.10. The van der Waals surface area contributed by atoms with Crippen molar-refractivity contribution in [1.82, 2.24) is 4.98 Å². The molecule has 0 spiro atoms. The number of hydrogen-bond acceptors (Lipinski definition) is 6.